The molecule has 1 amide bonds. The van der Waals surface area contributed by atoms with E-state index in [2.05, 4.69) is 21.4 Å². The molecule has 0 radical (unpaired) electrons. The molecule has 0 saturated heterocycles. The van der Waals surface area contributed by atoms with Gasteiger partial charge in [0.1, 0.15) is 5.75 Å². The molecule has 9 heteroatoms. The van der Waals surface area contributed by atoms with Crippen molar-refractivity contribution in [2.24, 2.45) is 0 Å². The maximum Gasteiger partial charge on any atom is 0.301 e. The molecule has 0 spiro atoms. The summed E-state index contributed by atoms with van der Waals surface area (Å²) in [4.78, 5) is 13.5. The monoisotopic (exact) mass is 374 g/mol. The summed E-state index contributed by atoms with van der Waals surface area (Å²) in [7, 11) is -2.43. The molecule has 0 saturated carbocycles. The lowest BCUT2D eigenvalue weighted by Gasteiger charge is -2.09. The van der Waals surface area contributed by atoms with E-state index in [9.17, 15) is 13.2 Å². The predicted molar refractivity (Wildman–Crippen MR) is 77.2 cm³/mol. The Morgan fingerprint density at radius 1 is 1.33 bits per heavy atom. The van der Waals surface area contributed by atoms with E-state index in [0.717, 1.165) is 0 Å². The summed E-state index contributed by atoms with van der Waals surface area (Å²) in [6, 6.07) is 7.13. The van der Waals surface area contributed by atoms with Crippen molar-refractivity contribution in [2.75, 3.05) is 7.11 Å². The second kappa shape index (κ2) is 6.29. The first-order valence-corrected chi connectivity index (χ1v) is 7.91. The highest BCUT2D eigenvalue weighted by atomic mass is 79.9. The van der Waals surface area contributed by atoms with Gasteiger partial charge < -0.3 is 9.15 Å². The molecule has 0 aliphatic carbocycles. The quantitative estimate of drug-likeness (QED) is 0.775. The Kier molecular flexibility index (Phi) is 4.66. The van der Waals surface area contributed by atoms with Crippen molar-refractivity contribution in [1.82, 2.24) is 10.3 Å². The molecule has 1 aromatic carbocycles. The Labute approximate surface area is 129 Å². The third kappa shape index (κ3) is 3.63. The molecule has 2 rings (SSSR count). The summed E-state index contributed by atoms with van der Waals surface area (Å²) >= 11 is 3.19. The minimum atomic E-state index is -3.90. The minimum Gasteiger partial charge on any atom is -0.496 e. The summed E-state index contributed by atoms with van der Waals surface area (Å²) in [5.74, 6) is -0.210. The van der Waals surface area contributed by atoms with Gasteiger partial charge in [0, 0.05) is 0 Å². The molecule has 0 fully saturated rings. The average Bonchev–Trinajstić information content (AvgIpc) is 2.99. The van der Waals surface area contributed by atoms with Crippen molar-refractivity contribution < 1.29 is 22.4 Å². The van der Waals surface area contributed by atoms with Gasteiger partial charge in [0.25, 0.3) is 10.0 Å². The molecule has 1 heterocycles. The molecule has 0 bridgehead atoms. The molecule has 1 aromatic heterocycles. The van der Waals surface area contributed by atoms with Crippen LogP contribution in [0, 0.1) is 0 Å². The SMILES string of the molecule is COc1ccc(S(=O)(=O)NNC(=O)c2ccco2)cc1Br. The van der Waals surface area contributed by atoms with E-state index in [-0.39, 0.29) is 10.7 Å². The molecule has 21 heavy (non-hydrogen) atoms. The van der Waals surface area contributed by atoms with Crippen LogP contribution in [-0.4, -0.2) is 21.4 Å². The van der Waals surface area contributed by atoms with Gasteiger partial charge in [-0.05, 0) is 46.3 Å². The van der Waals surface area contributed by atoms with Crippen molar-refractivity contribution in [3.63, 3.8) is 0 Å². The van der Waals surface area contributed by atoms with Crippen LogP contribution in [0.1, 0.15) is 10.6 Å². The number of methoxy groups -OCH3 is 1. The van der Waals surface area contributed by atoms with E-state index >= 15 is 0 Å². The molecule has 0 aliphatic rings. The number of benzene rings is 1. The van der Waals surface area contributed by atoms with E-state index in [1.54, 1.807) is 0 Å². The second-order valence-electron chi connectivity index (χ2n) is 3.83. The number of furan rings is 1. The molecular weight excluding hydrogens is 364 g/mol. The number of hydrogen-bond acceptors (Lipinski definition) is 5. The molecule has 0 aliphatic heterocycles. The number of hydrogen-bond donors (Lipinski definition) is 2. The highest BCUT2D eigenvalue weighted by Gasteiger charge is 2.18. The summed E-state index contributed by atoms with van der Waals surface area (Å²) in [6.45, 7) is 0. The van der Waals surface area contributed by atoms with Gasteiger partial charge in [-0.2, -0.15) is 0 Å². The van der Waals surface area contributed by atoms with Gasteiger partial charge >= 0.3 is 5.91 Å². The first kappa shape index (κ1) is 15.5. The Hall–Kier alpha value is -1.84. The van der Waals surface area contributed by atoms with Crippen molar-refractivity contribution in [3.8, 4) is 5.75 Å². The average molecular weight is 375 g/mol. The van der Waals surface area contributed by atoms with E-state index in [1.165, 1.54) is 43.7 Å². The van der Waals surface area contributed by atoms with Crippen LogP contribution in [0.25, 0.3) is 0 Å². The zero-order valence-corrected chi connectivity index (χ0v) is 13.2. The number of nitrogens with one attached hydrogen (secondary N) is 2. The van der Waals surface area contributed by atoms with Crippen molar-refractivity contribution in [2.45, 2.75) is 4.90 Å². The minimum absolute atomic E-state index is 0.00592. The lowest BCUT2D eigenvalue weighted by molar-refractivity contribution is 0.0917. The molecule has 7 nitrogen and oxygen atoms in total. The van der Waals surface area contributed by atoms with Crippen LogP contribution < -0.4 is 15.0 Å². The van der Waals surface area contributed by atoms with Crippen LogP contribution in [0.2, 0.25) is 0 Å². The van der Waals surface area contributed by atoms with Gasteiger partial charge in [0.05, 0.1) is 22.7 Å². The maximum absolute atomic E-state index is 12.0. The fourth-order valence-corrected chi connectivity index (χ4v) is 3.01. The summed E-state index contributed by atoms with van der Waals surface area (Å²) in [5, 5.41) is 0. The zero-order chi connectivity index (χ0) is 15.5. The largest absolute Gasteiger partial charge is 0.496 e. The Bertz CT molecular complexity index is 743. The topological polar surface area (TPSA) is 97.6 Å². The first-order valence-electron chi connectivity index (χ1n) is 5.63. The number of hydrazine groups is 1. The van der Waals surface area contributed by atoms with E-state index in [0.29, 0.717) is 10.2 Å². The fourth-order valence-electron chi connectivity index (χ4n) is 1.46. The van der Waals surface area contributed by atoms with E-state index in [1.807, 2.05) is 4.83 Å². The normalized spacial score (nSPS) is 11.1. The number of amides is 1. The van der Waals surface area contributed by atoms with Gasteiger partial charge in [-0.3, -0.25) is 10.2 Å². The van der Waals surface area contributed by atoms with Gasteiger partial charge in [-0.1, -0.05) is 0 Å². The molecule has 2 aromatic rings. The number of halogens is 1. The second-order valence-corrected chi connectivity index (χ2v) is 6.37. The number of ether oxygens (including phenoxy) is 1. The molecule has 112 valence electrons. The van der Waals surface area contributed by atoms with Crippen LogP contribution >= 0.6 is 15.9 Å². The first-order chi connectivity index (χ1) is 9.94. The maximum atomic E-state index is 12.0. The lowest BCUT2D eigenvalue weighted by atomic mass is 10.3. The summed E-state index contributed by atoms with van der Waals surface area (Å²) < 4.78 is 34.4. The van der Waals surface area contributed by atoms with Crippen LogP contribution in [-0.2, 0) is 10.0 Å². The molecular formula is C12H11BrN2O5S. The number of rotatable bonds is 5. The third-order valence-corrected chi connectivity index (χ3v) is 4.34. The van der Waals surface area contributed by atoms with Crippen LogP contribution in [0.5, 0.6) is 5.75 Å². The highest BCUT2D eigenvalue weighted by Crippen LogP contribution is 2.27. The molecule has 2 N–H and O–H groups in total. The Morgan fingerprint density at radius 3 is 2.67 bits per heavy atom. The van der Waals surface area contributed by atoms with Crippen molar-refractivity contribution >= 4 is 31.9 Å². The van der Waals surface area contributed by atoms with Crippen LogP contribution in [0.4, 0.5) is 0 Å². The van der Waals surface area contributed by atoms with Gasteiger partial charge in [0.2, 0.25) is 0 Å². The predicted octanol–water partition coefficient (Wildman–Crippen LogP) is 1.67. The number of sulfonamides is 1. The summed E-state index contributed by atoms with van der Waals surface area (Å²) in [6.07, 6.45) is 1.31. The molecule has 0 unspecified atom stereocenters. The smallest absolute Gasteiger partial charge is 0.301 e. The van der Waals surface area contributed by atoms with Gasteiger partial charge in [-0.25, -0.2) is 8.42 Å². The standard InChI is InChI=1S/C12H11BrN2O5S/c1-19-10-5-4-8(7-9(10)13)21(17,18)15-14-12(16)11-3-2-6-20-11/h2-7,15H,1H3,(H,14,16). The number of carbonyl (C=O) groups is 1. The van der Waals surface area contributed by atoms with Crippen LogP contribution in [0.15, 0.2) is 50.4 Å². The van der Waals surface area contributed by atoms with Crippen molar-refractivity contribution in [1.29, 1.82) is 0 Å². The van der Waals surface area contributed by atoms with E-state index < -0.39 is 15.9 Å². The van der Waals surface area contributed by atoms with E-state index in [4.69, 9.17) is 9.15 Å². The van der Waals surface area contributed by atoms with Crippen molar-refractivity contribution in [3.05, 3.63) is 46.8 Å². The van der Waals surface area contributed by atoms with Gasteiger partial charge in [0.15, 0.2) is 5.76 Å². The summed E-state index contributed by atoms with van der Waals surface area (Å²) in [5.41, 5.74) is 2.05. The zero-order valence-electron chi connectivity index (χ0n) is 10.8. The molecule has 0 atom stereocenters. The van der Waals surface area contributed by atoms with Gasteiger partial charge in [-0.15, -0.1) is 4.83 Å². The highest BCUT2D eigenvalue weighted by molar-refractivity contribution is 9.10. The third-order valence-electron chi connectivity index (χ3n) is 2.48. The lowest BCUT2D eigenvalue weighted by Crippen LogP contribution is -2.41. The number of carbonyl (C=O) groups excluding carboxylic acids is 1. The van der Waals surface area contributed by atoms with Crippen LogP contribution in [0.3, 0.4) is 0 Å². The Morgan fingerprint density at radius 2 is 2.10 bits per heavy atom. The fraction of sp³-hybridized carbons (Fsp3) is 0.0833. The Balaban J connectivity index is 2.12.